The summed E-state index contributed by atoms with van der Waals surface area (Å²) in [5.41, 5.74) is 6.86. The molecule has 0 spiro atoms. The van der Waals surface area contributed by atoms with Gasteiger partial charge in [0, 0.05) is 42.4 Å². The summed E-state index contributed by atoms with van der Waals surface area (Å²) < 4.78 is 0. The zero-order chi connectivity index (χ0) is 26.4. The molecule has 8 heteroatoms. The van der Waals surface area contributed by atoms with Crippen molar-refractivity contribution in [3.63, 3.8) is 0 Å². The molecule has 8 nitrogen and oxygen atoms in total. The normalized spacial score (nSPS) is 11.7. The number of carbonyl (C=O) groups excluding carboxylic acids is 1. The molecule has 0 saturated carbocycles. The number of carbonyl (C=O) groups is 1. The molecule has 2 heterocycles. The number of nitrogens with zero attached hydrogens (tertiary/aromatic N) is 3. The van der Waals surface area contributed by atoms with Crippen LogP contribution in [-0.2, 0) is 0 Å². The number of benzene rings is 2. The number of rotatable bonds is 10. The second-order valence-corrected chi connectivity index (χ2v) is 8.94. The average Bonchev–Trinajstić information content (AvgIpc) is 3.41. The minimum atomic E-state index is -0.492. The first-order chi connectivity index (χ1) is 17.9. The van der Waals surface area contributed by atoms with Crippen LogP contribution in [0.1, 0.15) is 47.1 Å². The van der Waals surface area contributed by atoms with Crippen molar-refractivity contribution in [1.82, 2.24) is 20.3 Å². The molecule has 192 valence electrons. The standard InChI is InChI=1S/C29H34N6O2/c1-5-35(6-2)23-12-13-24(19(3)14-23)33-29-31-16-20(4)27(34-29)22-15-25(30-17-22)28(37)32-26(18-36)21-10-8-7-9-11-21/h7-17,26,30,36H,5-6,18H2,1-4H3,(H,32,37)(H,31,33,34)/t26-/m1/s1. The number of H-pyrrole nitrogens is 1. The maximum Gasteiger partial charge on any atom is 0.268 e. The van der Waals surface area contributed by atoms with Gasteiger partial charge in [-0.1, -0.05) is 30.3 Å². The van der Waals surface area contributed by atoms with E-state index in [1.807, 2.05) is 37.3 Å². The zero-order valence-electron chi connectivity index (χ0n) is 21.7. The van der Waals surface area contributed by atoms with Gasteiger partial charge in [-0.15, -0.1) is 0 Å². The highest BCUT2D eigenvalue weighted by Crippen LogP contribution is 2.27. The molecule has 1 amide bonds. The molecular formula is C29H34N6O2. The minimum Gasteiger partial charge on any atom is -0.394 e. The van der Waals surface area contributed by atoms with Gasteiger partial charge in [0.05, 0.1) is 18.3 Å². The van der Waals surface area contributed by atoms with Crippen LogP contribution in [0.25, 0.3) is 11.3 Å². The lowest BCUT2D eigenvalue weighted by atomic mass is 10.1. The zero-order valence-corrected chi connectivity index (χ0v) is 21.7. The van der Waals surface area contributed by atoms with Crippen molar-refractivity contribution >= 4 is 23.2 Å². The van der Waals surface area contributed by atoms with E-state index in [0.29, 0.717) is 11.6 Å². The van der Waals surface area contributed by atoms with Gasteiger partial charge in [0.1, 0.15) is 5.69 Å². The highest BCUT2D eigenvalue weighted by atomic mass is 16.3. The lowest BCUT2D eigenvalue weighted by molar-refractivity contribution is 0.0911. The maximum absolute atomic E-state index is 12.9. The average molecular weight is 499 g/mol. The van der Waals surface area contributed by atoms with E-state index in [4.69, 9.17) is 4.98 Å². The van der Waals surface area contributed by atoms with Crippen LogP contribution in [0.2, 0.25) is 0 Å². The van der Waals surface area contributed by atoms with Crippen molar-refractivity contribution in [3.05, 3.63) is 89.4 Å². The maximum atomic E-state index is 12.9. The number of anilines is 3. The first-order valence-corrected chi connectivity index (χ1v) is 12.5. The second kappa shape index (κ2) is 11.7. The van der Waals surface area contributed by atoms with Crippen LogP contribution in [-0.4, -0.2) is 45.7 Å². The number of hydrogen-bond acceptors (Lipinski definition) is 6. The van der Waals surface area contributed by atoms with Gasteiger partial charge in [-0.3, -0.25) is 4.79 Å². The minimum absolute atomic E-state index is 0.196. The molecule has 2 aromatic heterocycles. The van der Waals surface area contributed by atoms with Gasteiger partial charge in [0.2, 0.25) is 5.95 Å². The molecule has 0 aliphatic rings. The van der Waals surface area contributed by atoms with E-state index >= 15 is 0 Å². The number of aromatic amines is 1. The van der Waals surface area contributed by atoms with E-state index in [1.54, 1.807) is 18.5 Å². The first-order valence-electron chi connectivity index (χ1n) is 12.5. The predicted octanol–water partition coefficient (Wildman–Crippen LogP) is 5.14. The topological polar surface area (TPSA) is 106 Å². The van der Waals surface area contributed by atoms with Gasteiger partial charge in [0.15, 0.2) is 0 Å². The van der Waals surface area contributed by atoms with Crippen molar-refractivity contribution in [2.75, 3.05) is 29.9 Å². The largest absolute Gasteiger partial charge is 0.394 e. The Hall–Kier alpha value is -4.17. The molecule has 0 bridgehead atoms. The molecule has 0 aliphatic carbocycles. The van der Waals surface area contributed by atoms with Crippen LogP contribution in [0.3, 0.4) is 0 Å². The third-order valence-electron chi connectivity index (χ3n) is 6.45. The highest BCUT2D eigenvalue weighted by Gasteiger charge is 2.18. The third kappa shape index (κ3) is 5.98. The fourth-order valence-corrected chi connectivity index (χ4v) is 4.31. The molecule has 37 heavy (non-hydrogen) atoms. The van der Waals surface area contributed by atoms with Crippen molar-refractivity contribution in [1.29, 1.82) is 0 Å². The quantitative estimate of drug-likeness (QED) is 0.241. The van der Waals surface area contributed by atoms with E-state index in [-0.39, 0.29) is 12.5 Å². The summed E-state index contributed by atoms with van der Waals surface area (Å²) >= 11 is 0. The van der Waals surface area contributed by atoms with Gasteiger partial charge in [0.25, 0.3) is 5.91 Å². The molecule has 0 saturated heterocycles. The Morgan fingerprint density at radius 1 is 1.05 bits per heavy atom. The summed E-state index contributed by atoms with van der Waals surface area (Å²) in [6.07, 6.45) is 3.53. The molecule has 0 unspecified atom stereocenters. The van der Waals surface area contributed by atoms with E-state index < -0.39 is 6.04 Å². The number of aliphatic hydroxyl groups excluding tert-OH is 1. The lowest BCUT2D eigenvalue weighted by Gasteiger charge is -2.22. The van der Waals surface area contributed by atoms with E-state index in [1.165, 1.54) is 5.69 Å². The Morgan fingerprint density at radius 2 is 1.81 bits per heavy atom. The number of amides is 1. The number of aryl methyl sites for hydroxylation is 2. The van der Waals surface area contributed by atoms with Crippen molar-refractivity contribution in [2.24, 2.45) is 0 Å². The summed E-state index contributed by atoms with van der Waals surface area (Å²) in [6, 6.07) is 17.0. The van der Waals surface area contributed by atoms with Crippen molar-refractivity contribution in [2.45, 2.75) is 33.7 Å². The van der Waals surface area contributed by atoms with Crippen LogP contribution in [0, 0.1) is 13.8 Å². The Bertz CT molecular complexity index is 1350. The number of aliphatic hydroxyl groups is 1. The molecule has 4 rings (SSSR count). The monoisotopic (exact) mass is 498 g/mol. The summed E-state index contributed by atoms with van der Waals surface area (Å²) in [5.74, 6) is 0.180. The fourth-order valence-electron chi connectivity index (χ4n) is 4.31. The van der Waals surface area contributed by atoms with E-state index in [0.717, 1.165) is 46.7 Å². The summed E-state index contributed by atoms with van der Waals surface area (Å²) in [4.78, 5) is 27.4. The van der Waals surface area contributed by atoms with Gasteiger partial charge >= 0.3 is 0 Å². The van der Waals surface area contributed by atoms with Crippen LogP contribution in [0.15, 0.2) is 67.0 Å². The van der Waals surface area contributed by atoms with Crippen LogP contribution in [0.5, 0.6) is 0 Å². The number of hydrogen-bond donors (Lipinski definition) is 4. The SMILES string of the molecule is CCN(CC)c1ccc(Nc2ncc(C)c(-c3c[nH]c(C(=O)N[C@H](CO)c4ccccc4)c3)n2)c(C)c1. The highest BCUT2D eigenvalue weighted by molar-refractivity contribution is 5.94. The van der Waals surface area contributed by atoms with Crippen molar-refractivity contribution < 1.29 is 9.90 Å². The Morgan fingerprint density at radius 3 is 2.49 bits per heavy atom. The van der Waals surface area contributed by atoms with Gasteiger partial charge in [-0.25, -0.2) is 9.97 Å². The predicted molar refractivity (Wildman–Crippen MR) is 148 cm³/mol. The smallest absolute Gasteiger partial charge is 0.268 e. The lowest BCUT2D eigenvalue weighted by Crippen LogP contribution is -2.30. The Balaban J connectivity index is 1.52. The van der Waals surface area contributed by atoms with Crippen LogP contribution < -0.4 is 15.5 Å². The van der Waals surface area contributed by atoms with Crippen molar-refractivity contribution in [3.8, 4) is 11.3 Å². The van der Waals surface area contributed by atoms with Gasteiger partial charge < -0.3 is 25.6 Å². The van der Waals surface area contributed by atoms with Gasteiger partial charge in [-0.05, 0) is 68.7 Å². The van der Waals surface area contributed by atoms with Crippen LogP contribution in [0.4, 0.5) is 17.3 Å². The van der Waals surface area contributed by atoms with Crippen LogP contribution >= 0.6 is 0 Å². The summed E-state index contributed by atoms with van der Waals surface area (Å²) in [6.45, 7) is 10.0. The molecule has 4 N–H and O–H groups in total. The van der Waals surface area contributed by atoms with E-state index in [2.05, 4.69) is 64.5 Å². The second-order valence-electron chi connectivity index (χ2n) is 8.94. The van der Waals surface area contributed by atoms with E-state index in [9.17, 15) is 9.90 Å². The Labute approximate surface area is 217 Å². The molecule has 0 aliphatic heterocycles. The molecule has 2 aromatic carbocycles. The fraction of sp³-hybridized carbons (Fsp3) is 0.276. The number of nitrogens with one attached hydrogen (secondary N) is 3. The number of aromatic nitrogens is 3. The Kier molecular flexibility index (Phi) is 8.20. The third-order valence-corrected chi connectivity index (χ3v) is 6.45. The molecular weight excluding hydrogens is 464 g/mol. The molecule has 1 atom stereocenters. The van der Waals surface area contributed by atoms with Gasteiger partial charge in [-0.2, -0.15) is 0 Å². The summed E-state index contributed by atoms with van der Waals surface area (Å²) in [5, 5.41) is 16.0. The summed E-state index contributed by atoms with van der Waals surface area (Å²) in [7, 11) is 0. The molecule has 0 fully saturated rings. The molecule has 4 aromatic rings. The first kappa shape index (κ1) is 25.9. The molecule has 0 radical (unpaired) electrons.